The molecule has 0 fully saturated rings. The van der Waals surface area contributed by atoms with Gasteiger partial charge in [0.05, 0.1) is 26.4 Å². The van der Waals surface area contributed by atoms with Crippen LogP contribution < -0.4 is 0 Å². The van der Waals surface area contributed by atoms with Gasteiger partial charge >= 0.3 is 39.5 Å². The summed E-state index contributed by atoms with van der Waals surface area (Å²) in [5.74, 6) is 0.171. The minimum Gasteiger partial charge on any atom is -0.462 e. The van der Waals surface area contributed by atoms with Gasteiger partial charge in [-0.15, -0.1) is 0 Å². The van der Waals surface area contributed by atoms with Crippen LogP contribution in [0.15, 0.2) is 0 Å². The van der Waals surface area contributed by atoms with E-state index in [1.165, 1.54) is 186 Å². The minimum absolute atomic E-state index is 0.106. The van der Waals surface area contributed by atoms with Gasteiger partial charge < -0.3 is 33.8 Å². The highest BCUT2D eigenvalue weighted by atomic mass is 31.2. The molecular weight excluding hydrogens is 1230 g/mol. The van der Waals surface area contributed by atoms with E-state index in [1.54, 1.807) is 0 Å². The molecular formula is C75H146O17P2. The summed E-state index contributed by atoms with van der Waals surface area (Å²) >= 11 is 0. The number of aliphatic hydroxyl groups is 1. The molecule has 3 N–H and O–H groups in total. The van der Waals surface area contributed by atoms with Gasteiger partial charge in [-0.25, -0.2) is 9.13 Å². The van der Waals surface area contributed by atoms with Crippen LogP contribution in [0.25, 0.3) is 0 Å². The number of aliphatic hydroxyl groups excluding tert-OH is 1. The molecule has 0 aliphatic carbocycles. The van der Waals surface area contributed by atoms with Crippen molar-refractivity contribution in [1.29, 1.82) is 0 Å². The van der Waals surface area contributed by atoms with Crippen molar-refractivity contribution in [3.63, 3.8) is 0 Å². The fourth-order valence-corrected chi connectivity index (χ4v) is 13.0. The van der Waals surface area contributed by atoms with Crippen molar-refractivity contribution in [3.05, 3.63) is 0 Å². The Kier molecular flexibility index (Phi) is 64.3. The normalized spacial score (nSPS) is 14.1. The average molecular weight is 1380 g/mol. The van der Waals surface area contributed by atoms with E-state index in [0.29, 0.717) is 31.6 Å². The molecule has 17 nitrogen and oxygen atoms in total. The third kappa shape index (κ3) is 68.6. The smallest absolute Gasteiger partial charge is 0.462 e. The fraction of sp³-hybridized carbons (Fsp3) is 0.947. The number of ether oxygens (including phenoxy) is 4. The number of hydrogen-bond donors (Lipinski definition) is 3. The lowest BCUT2D eigenvalue weighted by atomic mass is 10.0. The van der Waals surface area contributed by atoms with Gasteiger partial charge in [0.15, 0.2) is 12.2 Å². The Morgan fingerprint density at radius 2 is 0.489 bits per heavy atom. The molecule has 0 heterocycles. The zero-order valence-electron chi connectivity index (χ0n) is 61.4. The number of unbranched alkanes of at least 4 members (excludes halogenated alkanes) is 41. The molecule has 0 aromatic carbocycles. The Morgan fingerprint density at radius 1 is 0.287 bits per heavy atom. The molecule has 0 spiro atoms. The van der Waals surface area contributed by atoms with E-state index in [0.717, 1.165) is 108 Å². The quantitative estimate of drug-likeness (QED) is 0.0222. The zero-order chi connectivity index (χ0) is 69.4. The first-order valence-electron chi connectivity index (χ1n) is 38.8. The number of esters is 4. The highest BCUT2D eigenvalue weighted by molar-refractivity contribution is 7.47. The van der Waals surface area contributed by atoms with Crippen LogP contribution in [0.3, 0.4) is 0 Å². The molecule has 19 heteroatoms. The number of carbonyl (C=O) groups excluding carboxylic acids is 4. The van der Waals surface area contributed by atoms with Gasteiger partial charge in [0.2, 0.25) is 0 Å². The van der Waals surface area contributed by atoms with Crippen molar-refractivity contribution in [2.75, 3.05) is 39.6 Å². The second-order valence-electron chi connectivity index (χ2n) is 28.5. The second kappa shape index (κ2) is 65.7. The van der Waals surface area contributed by atoms with Crippen molar-refractivity contribution < 1.29 is 80.2 Å². The first-order chi connectivity index (χ1) is 45.2. The minimum atomic E-state index is -4.96. The van der Waals surface area contributed by atoms with Crippen LogP contribution >= 0.6 is 15.6 Å². The van der Waals surface area contributed by atoms with Gasteiger partial charge in [0, 0.05) is 25.7 Å². The molecule has 0 aromatic heterocycles. The van der Waals surface area contributed by atoms with Gasteiger partial charge in [0.25, 0.3) is 0 Å². The van der Waals surface area contributed by atoms with E-state index in [-0.39, 0.29) is 25.7 Å². The Hall–Kier alpha value is -1.94. The molecule has 0 radical (unpaired) electrons. The fourth-order valence-electron chi connectivity index (χ4n) is 11.4. The van der Waals surface area contributed by atoms with Gasteiger partial charge in [0.1, 0.15) is 19.3 Å². The molecule has 0 amide bonds. The van der Waals surface area contributed by atoms with Crippen LogP contribution in [0.5, 0.6) is 0 Å². The number of phosphoric ester groups is 2. The van der Waals surface area contributed by atoms with Crippen molar-refractivity contribution in [1.82, 2.24) is 0 Å². The maximum atomic E-state index is 13.1. The molecule has 0 aromatic rings. The molecule has 0 saturated heterocycles. The third-order valence-electron chi connectivity index (χ3n) is 17.4. The standard InChI is InChI=1S/C75H146O17P2/c1-8-9-10-11-12-13-21-29-36-44-51-58-74(79)92-71(63-86-73(78)57-50-43-38-31-34-41-48-55-68(6)7)65-90-94(83,84)88-61-69(76)60-87-93(81,82)89-64-70(62-85-72(77)56-49-42-35-28-24-20-19-23-27-33-40-47-54-67(4)5)91-75(80)59-52-45-37-30-25-18-16-14-15-17-22-26-32-39-46-53-66(2)3/h66-71,76H,8-65H2,1-7H3,(H,81,82)(H,83,84)/t69-,70-,71-/m1/s1. The van der Waals surface area contributed by atoms with E-state index in [9.17, 15) is 43.2 Å². The lowest BCUT2D eigenvalue weighted by molar-refractivity contribution is -0.161. The Balaban J connectivity index is 5.23. The van der Waals surface area contributed by atoms with Crippen molar-refractivity contribution in [3.8, 4) is 0 Å². The first-order valence-corrected chi connectivity index (χ1v) is 41.8. The summed E-state index contributed by atoms with van der Waals surface area (Å²) in [6.45, 7) is 11.9. The molecule has 0 saturated carbocycles. The second-order valence-corrected chi connectivity index (χ2v) is 31.4. The molecule has 2 unspecified atom stereocenters. The number of hydrogen-bond acceptors (Lipinski definition) is 15. The molecule has 0 bridgehead atoms. The summed E-state index contributed by atoms with van der Waals surface area (Å²) in [6, 6.07) is 0. The average Bonchev–Trinajstić information content (AvgIpc) is 1.88. The highest BCUT2D eigenvalue weighted by Crippen LogP contribution is 2.45. The van der Waals surface area contributed by atoms with Crippen LogP contribution in [-0.4, -0.2) is 96.7 Å². The summed E-state index contributed by atoms with van der Waals surface area (Å²) in [5.41, 5.74) is 0. The number of phosphoric acid groups is 2. The maximum Gasteiger partial charge on any atom is 0.472 e. The van der Waals surface area contributed by atoms with Crippen LogP contribution in [0.1, 0.15) is 382 Å². The maximum absolute atomic E-state index is 13.1. The van der Waals surface area contributed by atoms with Crippen LogP contribution in [0, 0.1) is 17.8 Å². The van der Waals surface area contributed by atoms with E-state index >= 15 is 0 Å². The molecule has 0 aliphatic heterocycles. The summed E-state index contributed by atoms with van der Waals surface area (Å²) in [4.78, 5) is 72.7. The van der Waals surface area contributed by atoms with E-state index in [1.807, 2.05) is 0 Å². The van der Waals surface area contributed by atoms with E-state index < -0.39 is 97.5 Å². The molecule has 558 valence electrons. The van der Waals surface area contributed by atoms with E-state index in [2.05, 4.69) is 48.5 Å². The molecule has 94 heavy (non-hydrogen) atoms. The Bertz CT molecular complexity index is 1840. The summed E-state index contributed by atoms with van der Waals surface area (Å²) in [5, 5.41) is 10.6. The zero-order valence-corrected chi connectivity index (χ0v) is 63.2. The first kappa shape index (κ1) is 92.1. The summed E-state index contributed by atoms with van der Waals surface area (Å²) in [6.07, 6.45) is 51.4. The lowest BCUT2D eigenvalue weighted by Gasteiger charge is -2.21. The SMILES string of the molecule is CCCCCCCCCCCCCC(=O)O[C@H](COC(=O)CCCCCCCCCC(C)C)COP(=O)(O)OC[C@H](O)COP(=O)(O)OC[C@@H](COC(=O)CCCCCCCCCCCCCCC(C)C)OC(=O)CCCCCCCCCCCCCCCCCC(C)C. The Morgan fingerprint density at radius 3 is 0.723 bits per heavy atom. The largest absolute Gasteiger partial charge is 0.472 e. The van der Waals surface area contributed by atoms with Gasteiger partial charge in [-0.3, -0.25) is 37.3 Å². The van der Waals surface area contributed by atoms with Crippen LogP contribution in [0.2, 0.25) is 0 Å². The topological polar surface area (TPSA) is 237 Å². The Labute approximate surface area is 575 Å². The molecule has 0 rings (SSSR count). The van der Waals surface area contributed by atoms with E-state index in [4.69, 9.17) is 37.0 Å². The number of rotatable bonds is 73. The van der Waals surface area contributed by atoms with Crippen molar-refractivity contribution >= 4 is 39.5 Å². The molecule has 5 atom stereocenters. The predicted molar refractivity (Wildman–Crippen MR) is 381 cm³/mol. The summed E-state index contributed by atoms with van der Waals surface area (Å²) < 4.78 is 68.5. The number of carbonyl (C=O) groups is 4. The van der Waals surface area contributed by atoms with Crippen molar-refractivity contribution in [2.45, 2.75) is 401 Å². The van der Waals surface area contributed by atoms with Gasteiger partial charge in [-0.1, -0.05) is 331 Å². The third-order valence-corrected chi connectivity index (χ3v) is 19.3. The van der Waals surface area contributed by atoms with Gasteiger partial charge in [-0.2, -0.15) is 0 Å². The van der Waals surface area contributed by atoms with Crippen LogP contribution in [0.4, 0.5) is 0 Å². The van der Waals surface area contributed by atoms with Crippen LogP contribution in [-0.2, 0) is 65.4 Å². The van der Waals surface area contributed by atoms with Gasteiger partial charge in [-0.05, 0) is 43.4 Å². The highest BCUT2D eigenvalue weighted by Gasteiger charge is 2.30. The molecule has 0 aliphatic rings. The lowest BCUT2D eigenvalue weighted by Crippen LogP contribution is -2.30. The predicted octanol–water partition coefficient (Wildman–Crippen LogP) is 21.8. The monoisotopic (exact) mass is 1380 g/mol. The summed E-state index contributed by atoms with van der Waals surface area (Å²) in [7, 11) is -9.91. The van der Waals surface area contributed by atoms with Crippen molar-refractivity contribution in [2.24, 2.45) is 17.8 Å².